The average molecular weight is 349 g/mol. The number of amides is 1. The van der Waals surface area contributed by atoms with Crippen LogP contribution >= 0.6 is 0 Å². The largest absolute Gasteiger partial charge is 0.451 e. The van der Waals surface area contributed by atoms with E-state index in [0.717, 1.165) is 11.1 Å². The minimum absolute atomic E-state index is 0.0532. The Bertz CT molecular complexity index is 809. The summed E-state index contributed by atoms with van der Waals surface area (Å²) < 4.78 is 5.84. The summed E-state index contributed by atoms with van der Waals surface area (Å²) in [5.74, 6) is -1.28. The van der Waals surface area contributed by atoms with Gasteiger partial charge in [0.05, 0.1) is 6.42 Å². The maximum atomic E-state index is 12.9. The molecule has 132 valence electrons. The molecule has 2 aliphatic heterocycles. The number of fused-ring (bicyclic) bond motifs is 1. The second kappa shape index (κ2) is 6.41. The van der Waals surface area contributed by atoms with Crippen LogP contribution in [-0.4, -0.2) is 34.6 Å². The van der Waals surface area contributed by atoms with Crippen molar-refractivity contribution in [1.82, 2.24) is 4.90 Å². The lowest BCUT2D eigenvalue weighted by Crippen LogP contribution is -2.56. The summed E-state index contributed by atoms with van der Waals surface area (Å²) in [6, 6.07) is 17.6. The topological polar surface area (TPSA) is 63.7 Å². The molecule has 0 radical (unpaired) electrons. The molecule has 2 fully saturated rings. The summed E-state index contributed by atoms with van der Waals surface area (Å²) in [5, 5.41) is 0. The van der Waals surface area contributed by atoms with Crippen LogP contribution in [0.5, 0.6) is 0 Å². The first-order valence-corrected chi connectivity index (χ1v) is 8.73. The third-order valence-electron chi connectivity index (χ3n) is 5.22. The van der Waals surface area contributed by atoms with Gasteiger partial charge in [0, 0.05) is 5.92 Å². The van der Waals surface area contributed by atoms with Crippen molar-refractivity contribution in [2.24, 2.45) is 5.92 Å². The molecule has 3 atom stereocenters. The smallest absolute Gasteiger partial charge is 0.330 e. The number of carbonyl (C=O) groups excluding carboxylic acids is 3. The molecule has 2 heterocycles. The van der Waals surface area contributed by atoms with Crippen molar-refractivity contribution < 1.29 is 19.1 Å². The molecule has 1 amide bonds. The van der Waals surface area contributed by atoms with Crippen LogP contribution in [0.25, 0.3) is 0 Å². The van der Waals surface area contributed by atoms with Gasteiger partial charge in [-0.3, -0.25) is 9.59 Å². The molecule has 5 nitrogen and oxygen atoms in total. The van der Waals surface area contributed by atoms with Gasteiger partial charge in [0.15, 0.2) is 11.9 Å². The molecule has 2 aromatic carbocycles. The molecule has 5 heteroatoms. The number of carbonyl (C=O) groups is 3. The third-order valence-corrected chi connectivity index (χ3v) is 5.22. The van der Waals surface area contributed by atoms with E-state index in [1.54, 1.807) is 6.92 Å². The van der Waals surface area contributed by atoms with E-state index < -0.39 is 30.1 Å². The van der Waals surface area contributed by atoms with Gasteiger partial charge in [-0.15, -0.1) is 0 Å². The second-order valence-corrected chi connectivity index (χ2v) is 6.80. The fraction of sp³-hybridized carbons (Fsp3) is 0.286. The van der Waals surface area contributed by atoms with Crippen molar-refractivity contribution in [3.63, 3.8) is 0 Å². The first kappa shape index (κ1) is 16.5. The summed E-state index contributed by atoms with van der Waals surface area (Å²) >= 11 is 0. The molecule has 0 saturated carbocycles. The van der Waals surface area contributed by atoms with Crippen LogP contribution in [0.1, 0.15) is 30.6 Å². The van der Waals surface area contributed by atoms with Crippen LogP contribution in [0, 0.1) is 5.92 Å². The van der Waals surface area contributed by atoms with Crippen LogP contribution in [0.2, 0.25) is 0 Å². The highest BCUT2D eigenvalue weighted by Gasteiger charge is 2.58. The number of hydrogen-bond acceptors (Lipinski definition) is 4. The molecule has 0 bridgehead atoms. The molecule has 0 spiro atoms. The number of ether oxygens (including phenoxy) is 1. The van der Waals surface area contributed by atoms with Crippen molar-refractivity contribution in [2.45, 2.75) is 31.5 Å². The van der Waals surface area contributed by atoms with E-state index in [0.29, 0.717) is 0 Å². The molecule has 4 rings (SSSR count). The number of nitrogens with zero attached hydrogens (tertiary/aromatic N) is 1. The number of β-lactam (4-membered cyclic amide) rings is 1. The minimum atomic E-state index is -0.830. The lowest BCUT2D eigenvalue weighted by Gasteiger charge is -2.36. The van der Waals surface area contributed by atoms with Gasteiger partial charge in [-0.25, -0.2) is 4.79 Å². The van der Waals surface area contributed by atoms with Gasteiger partial charge in [-0.2, -0.15) is 0 Å². The number of ketones is 1. The number of benzene rings is 2. The van der Waals surface area contributed by atoms with Crippen molar-refractivity contribution in [3.05, 3.63) is 71.8 Å². The molecule has 0 aromatic heterocycles. The zero-order chi connectivity index (χ0) is 18.3. The van der Waals surface area contributed by atoms with Gasteiger partial charge in [0.25, 0.3) is 0 Å². The Kier molecular flexibility index (Phi) is 4.07. The maximum absolute atomic E-state index is 12.9. The van der Waals surface area contributed by atoms with E-state index in [1.165, 1.54) is 4.90 Å². The summed E-state index contributed by atoms with van der Waals surface area (Å²) in [4.78, 5) is 38.5. The Hall–Kier alpha value is -2.95. The standard InChI is InChI=1S/C21H19NO4/c1-13-18(22-16(19(13)24)12-17(22)23)21(25)26-20(14-8-4-2-5-9-14)15-10-6-3-7-11-15/h2-11,13,16,18,20H,12H2,1H3. The maximum Gasteiger partial charge on any atom is 0.330 e. The first-order chi connectivity index (χ1) is 12.6. The van der Waals surface area contributed by atoms with Crippen molar-refractivity contribution in [1.29, 1.82) is 0 Å². The number of esters is 1. The molecule has 0 aliphatic carbocycles. The van der Waals surface area contributed by atoms with Gasteiger partial charge < -0.3 is 9.64 Å². The highest BCUT2D eigenvalue weighted by Crippen LogP contribution is 2.38. The molecular formula is C21H19NO4. The van der Waals surface area contributed by atoms with E-state index in [-0.39, 0.29) is 18.1 Å². The molecule has 2 aromatic rings. The molecule has 2 aliphatic rings. The average Bonchev–Trinajstić information content (AvgIpc) is 2.88. The van der Waals surface area contributed by atoms with Crippen LogP contribution in [0.3, 0.4) is 0 Å². The summed E-state index contributed by atoms with van der Waals surface area (Å²) in [6.07, 6.45) is -0.379. The summed E-state index contributed by atoms with van der Waals surface area (Å²) in [7, 11) is 0. The molecule has 0 N–H and O–H groups in total. The Balaban J connectivity index is 1.63. The van der Waals surface area contributed by atoms with Crippen molar-refractivity contribution in [2.75, 3.05) is 0 Å². The van der Waals surface area contributed by atoms with Crippen molar-refractivity contribution >= 4 is 17.7 Å². The van der Waals surface area contributed by atoms with Gasteiger partial charge >= 0.3 is 5.97 Å². The van der Waals surface area contributed by atoms with E-state index in [2.05, 4.69) is 0 Å². The summed E-state index contributed by atoms with van der Waals surface area (Å²) in [6.45, 7) is 1.69. The van der Waals surface area contributed by atoms with E-state index in [4.69, 9.17) is 4.74 Å². The van der Waals surface area contributed by atoms with Crippen molar-refractivity contribution in [3.8, 4) is 0 Å². The normalized spacial score (nSPS) is 24.4. The molecule has 2 saturated heterocycles. The second-order valence-electron chi connectivity index (χ2n) is 6.80. The quantitative estimate of drug-likeness (QED) is 0.628. The zero-order valence-corrected chi connectivity index (χ0v) is 14.4. The Labute approximate surface area is 151 Å². The van der Waals surface area contributed by atoms with Crippen LogP contribution in [0.15, 0.2) is 60.7 Å². The monoisotopic (exact) mass is 349 g/mol. The number of Topliss-reactive ketones (excluding diaryl/α,β-unsaturated/α-hetero) is 1. The van der Waals surface area contributed by atoms with Gasteiger partial charge in [0.1, 0.15) is 12.1 Å². The molecule has 26 heavy (non-hydrogen) atoms. The highest BCUT2D eigenvalue weighted by atomic mass is 16.5. The Morgan fingerprint density at radius 2 is 1.54 bits per heavy atom. The predicted octanol–water partition coefficient (Wildman–Crippen LogP) is 2.51. The van der Waals surface area contributed by atoms with E-state index in [1.807, 2.05) is 60.7 Å². The fourth-order valence-corrected chi connectivity index (χ4v) is 3.80. The number of hydrogen-bond donors (Lipinski definition) is 0. The highest BCUT2D eigenvalue weighted by molar-refractivity contribution is 6.07. The zero-order valence-electron chi connectivity index (χ0n) is 14.4. The first-order valence-electron chi connectivity index (χ1n) is 8.73. The van der Waals surface area contributed by atoms with E-state index in [9.17, 15) is 14.4 Å². The van der Waals surface area contributed by atoms with E-state index >= 15 is 0 Å². The third kappa shape index (κ3) is 2.60. The lowest BCUT2D eigenvalue weighted by molar-refractivity contribution is -0.164. The van der Waals surface area contributed by atoms with Crippen LogP contribution in [-0.2, 0) is 19.1 Å². The molecular weight excluding hydrogens is 330 g/mol. The Morgan fingerprint density at radius 3 is 2.04 bits per heavy atom. The fourth-order valence-electron chi connectivity index (χ4n) is 3.80. The molecule has 3 unspecified atom stereocenters. The van der Waals surface area contributed by atoms with Crippen LogP contribution in [0.4, 0.5) is 0 Å². The van der Waals surface area contributed by atoms with Crippen LogP contribution < -0.4 is 0 Å². The summed E-state index contributed by atoms with van der Waals surface area (Å²) in [5.41, 5.74) is 1.69. The van der Waals surface area contributed by atoms with Gasteiger partial charge in [-0.1, -0.05) is 67.6 Å². The minimum Gasteiger partial charge on any atom is -0.451 e. The van der Waals surface area contributed by atoms with Gasteiger partial charge in [-0.05, 0) is 11.1 Å². The lowest BCUT2D eigenvalue weighted by atomic mass is 9.98. The number of rotatable bonds is 4. The predicted molar refractivity (Wildman–Crippen MR) is 94.0 cm³/mol. The SMILES string of the molecule is CC1C(=O)C2CC(=O)N2C1C(=O)OC(c1ccccc1)c1ccccc1. The Morgan fingerprint density at radius 1 is 1.00 bits per heavy atom. The van der Waals surface area contributed by atoms with Gasteiger partial charge in [0.2, 0.25) is 5.91 Å².